The Kier molecular flexibility index (Phi) is 7.02. The number of carbonyl (C=O) groups is 2. The van der Waals surface area contributed by atoms with Crippen LogP contribution in [0.2, 0.25) is 0 Å². The molecule has 7 heteroatoms. The molecule has 1 fully saturated rings. The summed E-state index contributed by atoms with van der Waals surface area (Å²) in [6.07, 6.45) is 0.797. The van der Waals surface area contributed by atoms with Crippen LogP contribution < -0.4 is 5.32 Å². The molecule has 2 N–H and O–H groups in total. The van der Waals surface area contributed by atoms with Crippen molar-refractivity contribution < 1.29 is 19.4 Å². The summed E-state index contributed by atoms with van der Waals surface area (Å²) >= 11 is 0. The van der Waals surface area contributed by atoms with E-state index >= 15 is 0 Å². The third-order valence-electron chi connectivity index (χ3n) is 4.01. The van der Waals surface area contributed by atoms with E-state index in [0.717, 1.165) is 6.42 Å². The number of piperazine rings is 1. The number of rotatable bonds is 7. The SMILES string of the molecule is COCCCNC(=O)CN1CCN(C(=O)c2ccccc2O)CC1. The van der Waals surface area contributed by atoms with Crippen molar-refractivity contribution in [3.8, 4) is 5.75 Å². The number of carbonyl (C=O) groups excluding carboxylic acids is 2. The van der Waals surface area contributed by atoms with Gasteiger partial charge in [0.1, 0.15) is 5.75 Å². The van der Waals surface area contributed by atoms with Crippen LogP contribution in [0.4, 0.5) is 0 Å². The van der Waals surface area contributed by atoms with Crippen LogP contribution in [0.5, 0.6) is 5.75 Å². The van der Waals surface area contributed by atoms with Crippen LogP contribution >= 0.6 is 0 Å². The first-order valence-electron chi connectivity index (χ1n) is 8.17. The lowest BCUT2D eigenvalue weighted by atomic mass is 10.1. The molecule has 0 atom stereocenters. The first-order valence-corrected chi connectivity index (χ1v) is 8.17. The number of hydrogen-bond acceptors (Lipinski definition) is 5. The van der Waals surface area contributed by atoms with Crippen LogP contribution in [0, 0.1) is 0 Å². The molecule has 7 nitrogen and oxygen atoms in total. The fraction of sp³-hybridized carbons (Fsp3) is 0.529. The minimum Gasteiger partial charge on any atom is -0.507 e. The van der Waals surface area contributed by atoms with Gasteiger partial charge in [0.25, 0.3) is 5.91 Å². The van der Waals surface area contributed by atoms with Gasteiger partial charge in [0.2, 0.25) is 5.91 Å². The van der Waals surface area contributed by atoms with E-state index in [-0.39, 0.29) is 17.6 Å². The van der Waals surface area contributed by atoms with E-state index in [1.165, 1.54) is 6.07 Å². The van der Waals surface area contributed by atoms with Crippen LogP contribution in [0.1, 0.15) is 16.8 Å². The third kappa shape index (κ3) is 5.21. The highest BCUT2D eigenvalue weighted by atomic mass is 16.5. The molecule has 132 valence electrons. The summed E-state index contributed by atoms with van der Waals surface area (Å²) in [7, 11) is 1.64. The maximum atomic E-state index is 12.4. The van der Waals surface area contributed by atoms with E-state index in [4.69, 9.17) is 4.74 Å². The van der Waals surface area contributed by atoms with Crippen LogP contribution in [0.3, 0.4) is 0 Å². The molecule has 0 saturated carbocycles. The first-order chi connectivity index (χ1) is 11.6. The van der Waals surface area contributed by atoms with Gasteiger partial charge in [-0.2, -0.15) is 0 Å². The van der Waals surface area contributed by atoms with Crippen molar-refractivity contribution in [1.82, 2.24) is 15.1 Å². The zero-order valence-electron chi connectivity index (χ0n) is 14.0. The van der Waals surface area contributed by atoms with Gasteiger partial charge in [-0.1, -0.05) is 12.1 Å². The molecular formula is C17H25N3O4. The van der Waals surface area contributed by atoms with Gasteiger partial charge in [-0.25, -0.2) is 0 Å². The zero-order valence-corrected chi connectivity index (χ0v) is 14.0. The molecule has 0 spiro atoms. The molecule has 0 unspecified atom stereocenters. The summed E-state index contributed by atoms with van der Waals surface area (Å²) in [6.45, 7) is 3.96. The lowest BCUT2D eigenvalue weighted by molar-refractivity contribution is -0.122. The number of ether oxygens (including phenoxy) is 1. The molecule has 0 aliphatic carbocycles. The Labute approximate surface area is 142 Å². The van der Waals surface area contributed by atoms with E-state index in [9.17, 15) is 14.7 Å². The van der Waals surface area contributed by atoms with E-state index < -0.39 is 0 Å². The number of phenols is 1. The van der Waals surface area contributed by atoms with Crippen molar-refractivity contribution in [2.24, 2.45) is 0 Å². The Morgan fingerprint density at radius 1 is 1.21 bits per heavy atom. The summed E-state index contributed by atoms with van der Waals surface area (Å²) < 4.78 is 4.94. The van der Waals surface area contributed by atoms with Crippen LogP contribution in [-0.4, -0.2) is 79.7 Å². The number of aromatic hydroxyl groups is 1. The number of nitrogens with zero attached hydrogens (tertiary/aromatic N) is 2. The van der Waals surface area contributed by atoms with Gasteiger partial charge in [0.15, 0.2) is 0 Å². The molecule has 1 aromatic rings. The van der Waals surface area contributed by atoms with Crippen molar-refractivity contribution in [1.29, 1.82) is 0 Å². The van der Waals surface area contributed by atoms with Gasteiger partial charge >= 0.3 is 0 Å². The molecule has 0 bridgehead atoms. The number of methoxy groups -OCH3 is 1. The monoisotopic (exact) mass is 335 g/mol. The normalized spacial score (nSPS) is 15.3. The Bertz CT molecular complexity index is 557. The number of amides is 2. The summed E-state index contributed by atoms with van der Waals surface area (Å²) in [4.78, 5) is 28.0. The molecule has 1 aliphatic rings. The molecule has 1 aromatic carbocycles. The highest BCUT2D eigenvalue weighted by Gasteiger charge is 2.24. The molecule has 24 heavy (non-hydrogen) atoms. The van der Waals surface area contributed by atoms with E-state index in [1.807, 2.05) is 4.90 Å². The molecule has 0 aromatic heterocycles. The van der Waals surface area contributed by atoms with Crippen molar-refractivity contribution in [2.75, 3.05) is 53.0 Å². The van der Waals surface area contributed by atoms with Crippen molar-refractivity contribution in [2.45, 2.75) is 6.42 Å². The van der Waals surface area contributed by atoms with Crippen LogP contribution in [0.25, 0.3) is 0 Å². The molecule has 1 aliphatic heterocycles. The lowest BCUT2D eigenvalue weighted by Gasteiger charge is -2.34. The Balaban J connectivity index is 1.74. The second kappa shape index (κ2) is 9.24. The van der Waals surface area contributed by atoms with Gasteiger partial charge < -0.3 is 20.1 Å². The number of phenolic OH excluding ortho intramolecular Hbond substituents is 1. The molecule has 2 amide bonds. The maximum absolute atomic E-state index is 12.4. The first kappa shape index (κ1) is 18.2. The number of hydrogen-bond donors (Lipinski definition) is 2. The van der Waals surface area contributed by atoms with Gasteiger partial charge in [-0.05, 0) is 18.6 Å². The van der Waals surface area contributed by atoms with E-state index in [1.54, 1.807) is 30.2 Å². The average molecular weight is 335 g/mol. The fourth-order valence-electron chi connectivity index (χ4n) is 2.64. The largest absolute Gasteiger partial charge is 0.507 e. The average Bonchev–Trinajstić information content (AvgIpc) is 2.59. The standard InChI is InChI=1S/C17H25N3O4/c1-24-12-4-7-18-16(22)13-19-8-10-20(11-9-19)17(23)14-5-2-3-6-15(14)21/h2-3,5-6,21H,4,7-13H2,1H3,(H,18,22). The van der Waals surface area contributed by atoms with Crippen molar-refractivity contribution >= 4 is 11.8 Å². The summed E-state index contributed by atoms with van der Waals surface area (Å²) in [5.41, 5.74) is 0.321. The Hall–Kier alpha value is -2.12. The fourth-order valence-corrected chi connectivity index (χ4v) is 2.64. The topological polar surface area (TPSA) is 82.1 Å². The van der Waals surface area contributed by atoms with Gasteiger partial charge in [0, 0.05) is 46.4 Å². The number of para-hydroxylation sites is 1. The predicted octanol–water partition coefficient (Wildman–Crippen LogP) is 0.303. The number of benzene rings is 1. The van der Waals surface area contributed by atoms with Gasteiger partial charge in [0.05, 0.1) is 12.1 Å². The van der Waals surface area contributed by atoms with E-state index in [0.29, 0.717) is 51.4 Å². The highest BCUT2D eigenvalue weighted by Crippen LogP contribution is 2.18. The molecule has 0 radical (unpaired) electrons. The Morgan fingerprint density at radius 2 is 1.92 bits per heavy atom. The second-order valence-corrected chi connectivity index (χ2v) is 5.78. The van der Waals surface area contributed by atoms with E-state index in [2.05, 4.69) is 5.32 Å². The molecule has 1 saturated heterocycles. The zero-order chi connectivity index (χ0) is 17.4. The number of nitrogens with one attached hydrogen (secondary N) is 1. The minimum atomic E-state index is -0.170. The van der Waals surface area contributed by atoms with Gasteiger partial charge in [-0.3, -0.25) is 14.5 Å². The van der Waals surface area contributed by atoms with Crippen LogP contribution in [0.15, 0.2) is 24.3 Å². The van der Waals surface area contributed by atoms with Gasteiger partial charge in [-0.15, -0.1) is 0 Å². The Morgan fingerprint density at radius 3 is 2.58 bits per heavy atom. The minimum absolute atomic E-state index is 0.000339. The smallest absolute Gasteiger partial charge is 0.257 e. The maximum Gasteiger partial charge on any atom is 0.257 e. The third-order valence-corrected chi connectivity index (χ3v) is 4.01. The predicted molar refractivity (Wildman–Crippen MR) is 90.0 cm³/mol. The molecular weight excluding hydrogens is 310 g/mol. The quantitative estimate of drug-likeness (QED) is 0.701. The summed E-state index contributed by atoms with van der Waals surface area (Å²) in [5.74, 6) is -0.177. The van der Waals surface area contributed by atoms with Crippen molar-refractivity contribution in [3.05, 3.63) is 29.8 Å². The second-order valence-electron chi connectivity index (χ2n) is 5.78. The summed E-state index contributed by atoms with van der Waals surface area (Å²) in [5, 5.41) is 12.6. The molecule has 1 heterocycles. The van der Waals surface area contributed by atoms with Crippen LogP contribution in [-0.2, 0) is 9.53 Å². The van der Waals surface area contributed by atoms with Crippen molar-refractivity contribution in [3.63, 3.8) is 0 Å². The lowest BCUT2D eigenvalue weighted by Crippen LogP contribution is -2.51. The highest BCUT2D eigenvalue weighted by molar-refractivity contribution is 5.96. The summed E-state index contributed by atoms with van der Waals surface area (Å²) in [6, 6.07) is 6.56. The molecule has 2 rings (SSSR count).